The van der Waals surface area contributed by atoms with Crippen molar-refractivity contribution in [3.63, 3.8) is 0 Å². The number of rotatable bonds is 2. The van der Waals surface area contributed by atoms with Crippen LogP contribution in [-0.4, -0.2) is 23.3 Å². The summed E-state index contributed by atoms with van der Waals surface area (Å²) in [7, 11) is 1.87. The molecule has 0 saturated carbocycles. The molecule has 0 aliphatic carbocycles. The van der Waals surface area contributed by atoms with Gasteiger partial charge < -0.3 is 5.32 Å². The molecule has 0 radical (unpaired) electrons. The fourth-order valence-corrected chi connectivity index (χ4v) is 2.31. The predicted molar refractivity (Wildman–Crippen MR) is 83.5 cm³/mol. The molecule has 0 spiro atoms. The maximum absolute atomic E-state index is 10.0. The maximum Gasteiger partial charge on any atom is 0.185 e. The number of carbonyl (C=O) groups is 1. The molecule has 20 heavy (non-hydrogen) atoms. The third-order valence-electron chi connectivity index (χ3n) is 2.54. The Balaban J connectivity index is 0.000000160. The van der Waals surface area contributed by atoms with Crippen LogP contribution in [0, 0.1) is 6.92 Å². The third-order valence-corrected chi connectivity index (χ3v) is 3.57. The minimum Gasteiger partial charge on any atom is -0.365 e. The molecule has 0 aliphatic rings. The van der Waals surface area contributed by atoms with Crippen LogP contribution in [0.2, 0.25) is 0 Å². The summed E-state index contributed by atoms with van der Waals surface area (Å²) in [5.74, 6) is 0. The van der Waals surface area contributed by atoms with E-state index in [1.54, 1.807) is 23.5 Å². The SMILES string of the molecule is CNc1nc2nc(C)ccc2s1.O=Cc1ccccc1. The first-order valence-electron chi connectivity index (χ1n) is 6.15. The van der Waals surface area contributed by atoms with E-state index < -0.39 is 0 Å². The molecule has 0 aliphatic heterocycles. The molecule has 5 heteroatoms. The molecular weight excluding hydrogens is 270 g/mol. The number of aldehydes is 1. The topological polar surface area (TPSA) is 54.9 Å². The quantitative estimate of drug-likeness (QED) is 0.732. The Morgan fingerprint density at radius 1 is 1.10 bits per heavy atom. The second-order valence-corrected chi connectivity index (χ2v) is 5.10. The average Bonchev–Trinajstić information content (AvgIpc) is 2.91. The van der Waals surface area contributed by atoms with E-state index in [1.165, 1.54) is 0 Å². The number of fused-ring (bicyclic) bond motifs is 1. The highest BCUT2D eigenvalue weighted by Crippen LogP contribution is 2.23. The lowest BCUT2D eigenvalue weighted by molar-refractivity contribution is 0.112. The van der Waals surface area contributed by atoms with Crippen LogP contribution in [0.15, 0.2) is 42.5 Å². The largest absolute Gasteiger partial charge is 0.365 e. The molecule has 3 aromatic rings. The van der Waals surface area contributed by atoms with Gasteiger partial charge in [0.2, 0.25) is 0 Å². The Kier molecular flexibility index (Phi) is 4.79. The lowest BCUT2D eigenvalue weighted by atomic mass is 10.2. The van der Waals surface area contributed by atoms with Crippen molar-refractivity contribution in [2.24, 2.45) is 0 Å². The first kappa shape index (κ1) is 14.1. The summed E-state index contributed by atoms with van der Waals surface area (Å²) in [6, 6.07) is 13.1. The fraction of sp³-hybridized carbons (Fsp3) is 0.133. The van der Waals surface area contributed by atoms with Crippen molar-refractivity contribution in [3.8, 4) is 0 Å². The summed E-state index contributed by atoms with van der Waals surface area (Å²) in [5.41, 5.74) is 2.58. The van der Waals surface area contributed by atoms with Crippen LogP contribution in [0.5, 0.6) is 0 Å². The molecule has 1 aromatic carbocycles. The van der Waals surface area contributed by atoms with Gasteiger partial charge in [-0.3, -0.25) is 4.79 Å². The number of anilines is 1. The number of hydrogen-bond acceptors (Lipinski definition) is 5. The molecule has 102 valence electrons. The summed E-state index contributed by atoms with van der Waals surface area (Å²) in [6.45, 7) is 1.97. The highest BCUT2D eigenvalue weighted by atomic mass is 32.1. The monoisotopic (exact) mass is 285 g/mol. The van der Waals surface area contributed by atoms with Gasteiger partial charge in [0.05, 0.1) is 4.70 Å². The van der Waals surface area contributed by atoms with Crippen molar-refractivity contribution in [2.75, 3.05) is 12.4 Å². The van der Waals surface area contributed by atoms with E-state index in [0.29, 0.717) is 0 Å². The van der Waals surface area contributed by atoms with Crippen LogP contribution in [0.25, 0.3) is 10.3 Å². The molecule has 0 fully saturated rings. The fourth-order valence-electron chi connectivity index (χ4n) is 1.55. The number of carbonyl (C=O) groups excluding carboxylic acids is 1. The van der Waals surface area contributed by atoms with E-state index in [2.05, 4.69) is 21.4 Å². The zero-order valence-electron chi connectivity index (χ0n) is 11.3. The standard InChI is InChI=1S/C8H9N3S.C7H6O/c1-5-3-4-6-7(10-5)11-8(9-2)12-6;8-6-7-4-2-1-3-5-7/h3-4H,1-2H3,(H,9,10,11);1-6H. The molecule has 2 aromatic heterocycles. The highest BCUT2D eigenvalue weighted by Gasteiger charge is 2.02. The number of nitrogens with one attached hydrogen (secondary N) is 1. The highest BCUT2D eigenvalue weighted by molar-refractivity contribution is 7.22. The van der Waals surface area contributed by atoms with E-state index >= 15 is 0 Å². The van der Waals surface area contributed by atoms with Gasteiger partial charge in [0.1, 0.15) is 6.29 Å². The zero-order chi connectivity index (χ0) is 14.4. The van der Waals surface area contributed by atoms with Crippen molar-refractivity contribution in [1.82, 2.24) is 9.97 Å². The molecule has 0 bridgehead atoms. The Labute approximate surface area is 121 Å². The average molecular weight is 285 g/mol. The normalized spacial score (nSPS) is 9.70. The summed E-state index contributed by atoms with van der Waals surface area (Å²) in [5, 5.41) is 3.92. The van der Waals surface area contributed by atoms with Gasteiger partial charge in [-0.05, 0) is 19.1 Å². The van der Waals surface area contributed by atoms with Gasteiger partial charge in [0.25, 0.3) is 0 Å². The van der Waals surface area contributed by atoms with Crippen LogP contribution in [0.1, 0.15) is 16.1 Å². The summed E-state index contributed by atoms with van der Waals surface area (Å²) >= 11 is 1.62. The van der Waals surface area contributed by atoms with Crippen molar-refractivity contribution in [2.45, 2.75) is 6.92 Å². The molecule has 0 unspecified atom stereocenters. The van der Waals surface area contributed by atoms with Gasteiger partial charge in [0.15, 0.2) is 10.8 Å². The van der Waals surface area contributed by atoms with Crippen molar-refractivity contribution < 1.29 is 4.79 Å². The molecular formula is C15H15N3OS. The third kappa shape index (κ3) is 3.61. The van der Waals surface area contributed by atoms with Gasteiger partial charge >= 0.3 is 0 Å². The lowest BCUT2D eigenvalue weighted by Gasteiger charge is -1.87. The van der Waals surface area contributed by atoms with Crippen LogP contribution in [-0.2, 0) is 0 Å². The van der Waals surface area contributed by atoms with Crippen molar-refractivity contribution in [3.05, 3.63) is 53.7 Å². The summed E-state index contributed by atoms with van der Waals surface area (Å²) in [4.78, 5) is 18.6. The minimum atomic E-state index is 0.729. The van der Waals surface area contributed by atoms with E-state index in [1.807, 2.05) is 38.2 Å². The molecule has 0 amide bonds. The number of pyridine rings is 1. The van der Waals surface area contributed by atoms with E-state index in [4.69, 9.17) is 0 Å². The van der Waals surface area contributed by atoms with Gasteiger partial charge in [-0.1, -0.05) is 41.7 Å². The van der Waals surface area contributed by atoms with Gasteiger partial charge in [-0.2, -0.15) is 0 Å². The number of aryl methyl sites for hydroxylation is 1. The second-order valence-electron chi connectivity index (χ2n) is 4.07. The molecule has 0 saturated heterocycles. The first-order chi connectivity index (χ1) is 9.72. The van der Waals surface area contributed by atoms with Crippen LogP contribution in [0.4, 0.5) is 5.13 Å². The zero-order valence-corrected chi connectivity index (χ0v) is 12.1. The summed E-state index contributed by atoms with van der Waals surface area (Å²) < 4.78 is 1.13. The lowest BCUT2D eigenvalue weighted by Crippen LogP contribution is -1.85. The second kappa shape index (κ2) is 6.77. The molecule has 2 heterocycles. The Morgan fingerprint density at radius 3 is 2.45 bits per heavy atom. The minimum absolute atomic E-state index is 0.729. The Morgan fingerprint density at radius 2 is 1.85 bits per heavy atom. The van der Waals surface area contributed by atoms with E-state index in [0.717, 1.165) is 33.0 Å². The summed E-state index contributed by atoms with van der Waals surface area (Å²) in [6.07, 6.45) is 0.833. The number of nitrogens with zero attached hydrogens (tertiary/aromatic N) is 2. The number of thiazole rings is 1. The van der Waals surface area contributed by atoms with Gasteiger partial charge in [0, 0.05) is 18.3 Å². The number of aromatic nitrogens is 2. The first-order valence-corrected chi connectivity index (χ1v) is 6.96. The molecule has 0 atom stereocenters. The Bertz CT molecular complexity index is 695. The maximum atomic E-state index is 10.0. The van der Waals surface area contributed by atoms with Crippen molar-refractivity contribution in [1.29, 1.82) is 0 Å². The predicted octanol–water partition coefficient (Wildman–Crippen LogP) is 3.54. The molecule has 4 nitrogen and oxygen atoms in total. The van der Waals surface area contributed by atoms with Crippen LogP contribution >= 0.6 is 11.3 Å². The smallest absolute Gasteiger partial charge is 0.185 e. The number of hydrogen-bond donors (Lipinski definition) is 1. The van der Waals surface area contributed by atoms with Crippen molar-refractivity contribution >= 4 is 33.1 Å². The van der Waals surface area contributed by atoms with Crippen LogP contribution in [0.3, 0.4) is 0 Å². The molecule has 1 N–H and O–H groups in total. The van der Waals surface area contributed by atoms with Gasteiger partial charge in [-0.15, -0.1) is 0 Å². The van der Waals surface area contributed by atoms with Gasteiger partial charge in [-0.25, -0.2) is 9.97 Å². The molecule has 3 rings (SSSR count). The van der Waals surface area contributed by atoms with E-state index in [9.17, 15) is 4.79 Å². The van der Waals surface area contributed by atoms with Crippen LogP contribution < -0.4 is 5.32 Å². The Hall–Kier alpha value is -2.27. The van der Waals surface area contributed by atoms with E-state index in [-0.39, 0.29) is 0 Å². The number of benzene rings is 1.